The van der Waals surface area contributed by atoms with Crippen LogP contribution in [0, 0.1) is 5.82 Å². The molecule has 1 aromatic heterocycles. The summed E-state index contributed by atoms with van der Waals surface area (Å²) in [5.41, 5.74) is -0.286. The van der Waals surface area contributed by atoms with E-state index >= 15 is 0 Å². The third-order valence-electron chi connectivity index (χ3n) is 3.92. The Morgan fingerprint density at radius 3 is 2.17 bits per heavy atom. The van der Waals surface area contributed by atoms with Gasteiger partial charge < -0.3 is 20.0 Å². The first-order chi connectivity index (χ1) is 13.5. The van der Waals surface area contributed by atoms with Gasteiger partial charge in [0.2, 0.25) is 0 Å². The number of carbonyl (C=O) groups excluding carboxylic acids is 3. The summed E-state index contributed by atoms with van der Waals surface area (Å²) in [6, 6.07) is 6.60. The highest BCUT2D eigenvalue weighted by molar-refractivity contribution is 6.40. The first-order valence-corrected chi connectivity index (χ1v) is 9.24. The van der Waals surface area contributed by atoms with Crippen LogP contribution in [-0.2, 0) is 14.4 Å². The van der Waals surface area contributed by atoms with E-state index in [1.165, 1.54) is 35.4 Å². The molecule has 0 aliphatic heterocycles. The molecule has 0 bridgehead atoms. The summed E-state index contributed by atoms with van der Waals surface area (Å²) >= 11 is 0. The number of hydrogen-bond acceptors (Lipinski definition) is 4. The van der Waals surface area contributed by atoms with Gasteiger partial charge in [0.25, 0.3) is 5.91 Å². The Morgan fingerprint density at radius 1 is 1.07 bits per heavy atom. The standard InChI is InChI=1S/C21H26FN3O4/c1-13(2)25(20(28)19(27)23-15-10-8-14(22)9-11-15)17(16-7-6-12-29-16)18(26)24-21(3,4)5/h6-13,17H,1-5H3,(H,23,27)(H,24,26)/t17-/m0/s1. The minimum absolute atomic E-state index is 0.239. The van der Waals surface area contributed by atoms with Crippen LogP contribution in [0.25, 0.3) is 0 Å². The molecule has 1 aromatic carbocycles. The Hall–Kier alpha value is -3.16. The molecule has 0 aliphatic rings. The molecule has 1 heterocycles. The van der Waals surface area contributed by atoms with E-state index in [1.807, 2.05) is 20.8 Å². The zero-order chi connectivity index (χ0) is 21.8. The van der Waals surface area contributed by atoms with Crippen molar-refractivity contribution in [2.75, 3.05) is 5.32 Å². The van der Waals surface area contributed by atoms with Crippen molar-refractivity contribution >= 4 is 23.4 Å². The van der Waals surface area contributed by atoms with Gasteiger partial charge in [-0.1, -0.05) is 0 Å². The second kappa shape index (κ2) is 8.89. The van der Waals surface area contributed by atoms with Crippen molar-refractivity contribution in [2.24, 2.45) is 0 Å². The van der Waals surface area contributed by atoms with Crippen LogP contribution in [0.5, 0.6) is 0 Å². The third-order valence-corrected chi connectivity index (χ3v) is 3.92. The lowest BCUT2D eigenvalue weighted by atomic mass is 10.1. The summed E-state index contributed by atoms with van der Waals surface area (Å²) in [5.74, 6) is -2.54. The highest BCUT2D eigenvalue weighted by Gasteiger charge is 2.39. The van der Waals surface area contributed by atoms with Crippen LogP contribution in [0.15, 0.2) is 47.1 Å². The SMILES string of the molecule is CC(C)N(C(=O)C(=O)Nc1ccc(F)cc1)[C@H](C(=O)NC(C)(C)C)c1ccco1. The molecule has 0 aliphatic carbocycles. The summed E-state index contributed by atoms with van der Waals surface area (Å²) in [6.07, 6.45) is 1.40. The maximum absolute atomic E-state index is 13.1. The second-order valence-electron chi connectivity index (χ2n) is 7.92. The van der Waals surface area contributed by atoms with Gasteiger partial charge in [-0.15, -0.1) is 0 Å². The fourth-order valence-electron chi connectivity index (χ4n) is 2.76. The minimum Gasteiger partial charge on any atom is -0.467 e. The van der Waals surface area contributed by atoms with Crippen molar-refractivity contribution < 1.29 is 23.2 Å². The highest BCUT2D eigenvalue weighted by Crippen LogP contribution is 2.25. The van der Waals surface area contributed by atoms with Gasteiger partial charge in [-0.2, -0.15) is 0 Å². The molecule has 3 amide bonds. The zero-order valence-electron chi connectivity index (χ0n) is 17.2. The van der Waals surface area contributed by atoms with E-state index in [1.54, 1.807) is 26.0 Å². The molecular formula is C21H26FN3O4. The van der Waals surface area contributed by atoms with Crippen molar-refractivity contribution in [1.82, 2.24) is 10.2 Å². The Labute approximate surface area is 169 Å². The van der Waals surface area contributed by atoms with E-state index in [0.29, 0.717) is 0 Å². The van der Waals surface area contributed by atoms with Crippen molar-refractivity contribution in [2.45, 2.75) is 52.2 Å². The van der Waals surface area contributed by atoms with Gasteiger partial charge in [-0.25, -0.2) is 4.39 Å². The minimum atomic E-state index is -1.13. The van der Waals surface area contributed by atoms with Gasteiger partial charge in [0.05, 0.1) is 6.26 Å². The average Bonchev–Trinajstić information content (AvgIpc) is 3.13. The van der Waals surface area contributed by atoms with Gasteiger partial charge >= 0.3 is 11.8 Å². The van der Waals surface area contributed by atoms with Crippen molar-refractivity contribution in [3.63, 3.8) is 0 Å². The number of rotatable bonds is 5. The number of anilines is 1. The van der Waals surface area contributed by atoms with Crippen LogP contribution >= 0.6 is 0 Å². The monoisotopic (exact) mass is 403 g/mol. The summed E-state index contributed by atoms with van der Waals surface area (Å²) in [5, 5.41) is 5.26. The van der Waals surface area contributed by atoms with E-state index in [2.05, 4.69) is 10.6 Å². The molecular weight excluding hydrogens is 377 g/mol. The van der Waals surface area contributed by atoms with Gasteiger partial charge in [-0.3, -0.25) is 14.4 Å². The smallest absolute Gasteiger partial charge is 0.313 e. The van der Waals surface area contributed by atoms with Gasteiger partial charge in [-0.05, 0) is 71.0 Å². The molecule has 2 N–H and O–H groups in total. The number of nitrogens with one attached hydrogen (secondary N) is 2. The lowest BCUT2D eigenvalue weighted by molar-refractivity contribution is -0.150. The molecule has 29 heavy (non-hydrogen) atoms. The molecule has 2 rings (SSSR count). The molecule has 0 spiro atoms. The number of benzene rings is 1. The van der Waals surface area contributed by atoms with Crippen LogP contribution in [0.2, 0.25) is 0 Å². The Kier molecular flexibility index (Phi) is 6.79. The second-order valence-corrected chi connectivity index (χ2v) is 7.92. The van der Waals surface area contributed by atoms with E-state index in [0.717, 1.165) is 0 Å². The maximum Gasteiger partial charge on any atom is 0.313 e. The molecule has 156 valence electrons. The van der Waals surface area contributed by atoms with Crippen molar-refractivity contribution in [1.29, 1.82) is 0 Å². The third kappa shape index (κ3) is 5.91. The number of carbonyl (C=O) groups is 3. The Balaban J connectivity index is 2.33. The number of halogens is 1. The van der Waals surface area contributed by atoms with Crippen LogP contribution in [0.1, 0.15) is 46.4 Å². The molecule has 7 nitrogen and oxygen atoms in total. The van der Waals surface area contributed by atoms with E-state index < -0.39 is 41.2 Å². The molecule has 0 radical (unpaired) electrons. The molecule has 1 atom stereocenters. The zero-order valence-corrected chi connectivity index (χ0v) is 17.2. The topological polar surface area (TPSA) is 91.7 Å². The normalized spacial score (nSPS) is 12.4. The molecule has 0 unspecified atom stereocenters. The first kappa shape index (κ1) is 22.1. The fraction of sp³-hybridized carbons (Fsp3) is 0.381. The molecule has 0 saturated heterocycles. The fourth-order valence-corrected chi connectivity index (χ4v) is 2.76. The predicted octanol–water partition coefficient (Wildman–Crippen LogP) is 3.25. The average molecular weight is 403 g/mol. The molecule has 0 fully saturated rings. The van der Waals surface area contributed by atoms with Crippen molar-refractivity contribution in [3.05, 3.63) is 54.2 Å². The predicted molar refractivity (Wildman–Crippen MR) is 106 cm³/mol. The van der Waals surface area contributed by atoms with E-state index in [-0.39, 0.29) is 11.4 Å². The van der Waals surface area contributed by atoms with Gasteiger partial charge in [0, 0.05) is 17.3 Å². The maximum atomic E-state index is 13.1. The number of nitrogens with zero attached hydrogens (tertiary/aromatic N) is 1. The van der Waals surface area contributed by atoms with Crippen LogP contribution in [0.3, 0.4) is 0 Å². The molecule has 2 aromatic rings. The number of furan rings is 1. The lowest BCUT2D eigenvalue weighted by Gasteiger charge is -2.34. The van der Waals surface area contributed by atoms with Gasteiger partial charge in [0.15, 0.2) is 6.04 Å². The van der Waals surface area contributed by atoms with Crippen LogP contribution < -0.4 is 10.6 Å². The summed E-state index contributed by atoms with van der Waals surface area (Å²) < 4.78 is 18.5. The Morgan fingerprint density at radius 2 is 1.69 bits per heavy atom. The number of amides is 3. The Bertz CT molecular complexity index is 855. The molecule has 0 saturated carbocycles. The quantitative estimate of drug-likeness (QED) is 0.750. The highest BCUT2D eigenvalue weighted by atomic mass is 19.1. The largest absolute Gasteiger partial charge is 0.467 e. The lowest BCUT2D eigenvalue weighted by Crippen LogP contribution is -2.53. The molecule has 8 heteroatoms. The summed E-state index contributed by atoms with van der Waals surface area (Å²) in [4.78, 5) is 39.7. The van der Waals surface area contributed by atoms with Crippen LogP contribution in [-0.4, -0.2) is 34.2 Å². The summed E-state index contributed by atoms with van der Waals surface area (Å²) in [7, 11) is 0. The van der Waals surface area contributed by atoms with E-state index in [4.69, 9.17) is 4.42 Å². The summed E-state index contributed by atoms with van der Waals surface area (Å²) in [6.45, 7) is 8.83. The van der Waals surface area contributed by atoms with Crippen LogP contribution in [0.4, 0.5) is 10.1 Å². The van der Waals surface area contributed by atoms with Crippen molar-refractivity contribution in [3.8, 4) is 0 Å². The number of hydrogen-bond donors (Lipinski definition) is 2. The van der Waals surface area contributed by atoms with Gasteiger partial charge in [0.1, 0.15) is 11.6 Å². The van der Waals surface area contributed by atoms with E-state index in [9.17, 15) is 18.8 Å². The first-order valence-electron chi connectivity index (χ1n) is 9.24.